The van der Waals surface area contributed by atoms with Crippen LogP contribution in [0.25, 0.3) is 11.1 Å². The summed E-state index contributed by atoms with van der Waals surface area (Å²) in [5.74, 6) is 0.170. The molecule has 2 atom stereocenters. The number of amides is 1. The Bertz CT molecular complexity index is 1000. The zero-order chi connectivity index (χ0) is 23.7. The van der Waals surface area contributed by atoms with Gasteiger partial charge in [0.05, 0.1) is 11.6 Å². The van der Waals surface area contributed by atoms with Gasteiger partial charge >= 0.3 is 6.09 Å². The van der Waals surface area contributed by atoms with Crippen molar-refractivity contribution in [2.45, 2.75) is 71.1 Å². The number of rotatable bonds is 7. The number of nitrogens with zero attached hydrogens (tertiary/aromatic N) is 2. The van der Waals surface area contributed by atoms with E-state index in [4.69, 9.17) is 4.74 Å². The van der Waals surface area contributed by atoms with Crippen molar-refractivity contribution >= 4 is 6.09 Å². The summed E-state index contributed by atoms with van der Waals surface area (Å²) in [5.41, 5.74) is 1.47. The quantitative estimate of drug-likeness (QED) is 0.665. The Morgan fingerprint density at radius 3 is 2.28 bits per heavy atom. The molecule has 2 heterocycles. The van der Waals surface area contributed by atoms with Crippen molar-refractivity contribution in [1.29, 1.82) is 0 Å². The third-order valence-corrected chi connectivity index (χ3v) is 6.81. The molecule has 0 aliphatic carbocycles. The first kappa shape index (κ1) is 24.1. The number of ether oxygens (including phenoxy) is 1. The minimum atomic E-state index is -0.788. The number of benzene rings is 1. The van der Waals surface area contributed by atoms with Crippen molar-refractivity contribution in [1.82, 2.24) is 9.47 Å². The molecule has 6 heteroatoms. The highest BCUT2D eigenvalue weighted by atomic mass is 16.6. The molecule has 0 bridgehead atoms. The minimum Gasteiger partial charge on any atom is -0.442 e. The molecule has 0 spiro atoms. The van der Waals surface area contributed by atoms with Gasteiger partial charge in [0.2, 0.25) is 0 Å². The number of carbonyl (C=O) groups excluding carboxylic acids is 1. The van der Waals surface area contributed by atoms with Gasteiger partial charge in [0.15, 0.2) is 0 Å². The van der Waals surface area contributed by atoms with Crippen molar-refractivity contribution in [3.05, 3.63) is 58.5 Å². The third kappa shape index (κ3) is 5.23. The molecule has 6 nitrogen and oxygen atoms in total. The van der Waals surface area contributed by atoms with Crippen molar-refractivity contribution in [3.63, 3.8) is 0 Å². The van der Waals surface area contributed by atoms with Crippen LogP contribution in [0.15, 0.2) is 47.4 Å². The zero-order valence-corrected chi connectivity index (χ0v) is 20.1. The molecule has 1 saturated heterocycles. The van der Waals surface area contributed by atoms with Crippen LogP contribution in [0.1, 0.15) is 65.5 Å². The number of cyclic esters (lactones) is 1. The molecule has 1 fully saturated rings. The summed E-state index contributed by atoms with van der Waals surface area (Å²) >= 11 is 0. The van der Waals surface area contributed by atoms with Crippen molar-refractivity contribution in [2.75, 3.05) is 6.54 Å². The molecule has 32 heavy (non-hydrogen) atoms. The van der Waals surface area contributed by atoms with Gasteiger partial charge in [-0.2, -0.15) is 0 Å². The molecule has 0 saturated carbocycles. The van der Waals surface area contributed by atoms with Crippen LogP contribution in [-0.2, 0) is 11.8 Å². The van der Waals surface area contributed by atoms with Crippen molar-refractivity contribution in [2.24, 2.45) is 13.0 Å². The van der Waals surface area contributed by atoms with Gasteiger partial charge in [-0.25, -0.2) is 4.79 Å². The lowest BCUT2D eigenvalue weighted by atomic mass is 9.79. The standard InChI is InChI=1S/C26H36N2O4/c1-18(2)26(13-12-25(4,5)31)14-16-28(24(30)32-26)19(3)20-7-9-21(10-8-20)22-11-15-27(6)23(29)17-22/h7-11,15,17-19,31H,12-14,16H2,1-6H3/t19-,26?/m0/s1. The molecule has 2 aromatic rings. The van der Waals surface area contributed by atoms with E-state index in [9.17, 15) is 14.7 Å². The number of hydrogen-bond donors (Lipinski definition) is 1. The van der Waals surface area contributed by atoms with Gasteiger partial charge in [-0.05, 0) is 62.3 Å². The zero-order valence-electron chi connectivity index (χ0n) is 20.1. The van der Waals surface area contributed by atoms with Crippen molar-refractivity contribution in [3.8, 4) is 11.1 Å². The van der Waals surface area contributed by atoms with E-state index in [-0.39, 0.29) is 23.6 Å². The van der Waals surface area contributed by atoms with Gasteiger partial charge in [0.1, 0.15) is 5.60 Å². The molecule has 1 N–H and O–H groups in total. The van der Waals surface area contributed by atoms with Gasteiger partial charge in [0, 0.05) is 32.3 Å². The summed E-state index contributed by atoms with van der Waals surface area (Å²) in [6.45, 7) is 10.3. The Morgan fingerprint density at radius 2 is 1.75 bits per heavy atom. The van der Waals surface area contributed by atoms with Gasteiger partial charge in [-0.3, -0.25) is 4.79 Å². The topological polar surface area (TPSA) is 71.8 Å². The van der Waals surface area contributed by atoms with E-state index in [1.165, 1.54) is 0 Å². The van der Waals surface area contributed by atoms with E-state index >= 15 is 0 Å². The van der Waals surface area contributed by atoms with E-state index in [2.05, 4.69) is 13.8 Å². The second-order valence-corrected chi connectivity index (χ2v) is 10.0. The molecule has 1 aliphatic heterocycles. The van der Waals surface area contributed by atoms with Crippen molar-refractivity contribution < 1.29 is 14.6 Å². The molecule has 1 aliphatic rings. The average molecular weight is 441 g/mol. The number of pyridine rings is 1. The first-order valence-electron chi connectivity index (χ1n) is 11.4. The SMILES string of the molecule is CC(C)C1(CCC(C)(C)O)CCN([C@@H](C)c2ccc(-c3ccn(C)c(=O)c3)cc2)C(=O)O1. The van der Waals surface area contributed by atoms with Gasteiger partial charge < -0.3 is 19.3 Å². The largest absolute Gasteiger partial charge is 0.442 e. The maximum Gasteiger partial charge on any atom is 0.410 e. The normalized spacial score (nSPS) is 20.4. The smallest absolute Gasteiger partial charge is 0.410 e. The predicted molar refractivity (Wildman–Crippen MR) is 126 cm³/mol. The minimum absolute atomic E-state index is 0.0470. The van der Waals surface area contributed by atoms with Crippen LogP contribution in [0.2, 0.25) is 0 Å². The number of aryl methyl sites for hydroxylation is 1. The molecule has 174 valence electrons. The molecule has 1 aromatic heterocycles. The third-order valence-electron chi connectivity index (χ3n) is 6.81. The number of aliphatic hydroxyl groups is 1. The maximum atomic E-state index is 13.0. The molecular weight excluding hydrogens is 404 g/mol. The van der Waals surface area contributed by atoms with Crippen LogP contribution in [-0.4, -0.2) is 38.4 Å². The summed E-state index contributed by atoms with van der Waals surface area (Å²) < 4.78 is 7.58. The van der Waals surface area contributed by atoms with Gasteiger partial charge in [-0.1, -0.05) is 38.1 Å². The van der Waals surface area contributed by atoms with E-state index in [0.29, 0.717) is 19.4 Å². The molecule has 0 radical (unpaired) electrons. The molecule has 1 amide bonds. The van der Waals surface area contributed by atoms with Crippen LogP contribution in [0.3, 0.4) is 0 Å². The monoisotopic (exact) mass is 440 g/mol. The second-order valence-electron chi connectivity index (χ2n) is 10.0. The molecule has 1 aromatic carbocycles. The number of hydrogen-bond acceptors (Lipinski definition) is 4. The summed E-state index contributed by atoms with van der Waals surface area (Å²) in [4.78, 5) is 26.7. The summed E-state index contributed by atoms with van der Waals surface area (Å²) in [5, 5.41) is 10.2. The number of carbonyl (C=O) groups is 1. The fraction of sp³-hybridized carbons (Fsp3) is 0.538. The highest BCUT2D eigenvalue weighted by Crippen LogP contribution is 2.39. The van der Waals surface area contributed by atoms with E-state index in [1.54, 1.807) is 42.6 Å². The summed E-state index contributed by atoms with van der Waals surface area (Å²) in [6.07, 6.45) is 3.42. The van der Waals surface area contributed by atoms with E-state index in [1.807, 2.05) is 37.3 Å². The molecule has 1 unspecified atom stereocenters. The van der Waals surface area contributed by atoms with E-state index in [0.717, 1.165) is 23.1 Å². The fourth-order valence-electron chi connectivity index (χ4n) is 4.29. The lowest BCUT2D eigenvalue weighted by Gasteiger charge is -2.46. The van der Waals surface area contributed by atoms with Crippen LogP contribution in [0.4, 0.5) is 4.79 Å². The Kier molecular flexibility index (Phi) is 6.84. The van der Waals surface area contributed by atoms with Crippen LogP contribution >= 0.6 is 0 Å². The van der Waals surface area contributed by atoms with Gasteiger partial charge in [0.25, 0.3) is 5.56 Å². The first-order chi connectivity index (χ1) is 14.9. The predicted octanol–water partition coefficient (Wildman–Crippen LogP) is 4.90. The summed E-state index contributed by atoms with van der Waals surface area (Å²) in [7, 11) is 1.73. The maximum absolute atomic E-state index is 13.0. The lowest BCUT2D eigenvalue weighted by molar-refractivity contribution is -0.0968. The van der Waals surface area contributed by atoms with Gasteiger partial charge in [-0.15, -0.1) is 0 Å². The van der Waals surface area contributed by atoms with Crippen LogP contribution in [0.5, 0.6) is 0 Å². The molecule has 3 rings (SSSR count). The lowest BCUT2D eigenvalue weighted by Crippen LogP contribution is -2.53. The fourth-order valence-corrected chi connectivity index (χ4v) is 4.29. The molecular formula is C26H36N2O4. The Hall–Kier alpha value is -2.60. The average Bonchev–Trinajstić information content (AvgIpc) is 2.73. The van der Waals surface area contributed by atoms with Crippen LogP contribution < -0.4 is 5.56 Å². The van der Waals surface area contributed by atoms with E-state index < -0.39 is 11.2 Å². The Morgan fingerprint density at radius 1 is 1.09 bits per heavy atom. The highest BCUT2D eigenvalue weighted by Gasteiger charge is 2.44. The number of aromatic nitrogens is 1. The Labute approximate surface area is 190 Å². The first-order valence-corrected chi connectivity index (χ1v) is 11.4. The van der Waals surface area contributed by atoms with Crippen LogP contribution in [0, 0.1) is 5.92 Å². The Balaban J connectivity index is 1.73. The highest BCUT2D eigenvalue weighted by molar-refractivity contribution is 5.70. The second kappa shape index (κ2) is 9.10. The summed E-state index contributed by atoms with van der Waals surface area (Å²) in [6, 6.07) is 11.4.